The predicted octanol–water partition coefficient (Wildman–Crippen LogP) is 1.05. The molecule has 0 saturated carbocycles. The quantitative estimate of drug-likeness (QED) is 0.332. The van der Waals surface area contributed by atoms with E-state index in [1.165, 1.54) is 9.58 Å². The number of halogens is 1. The van der Waals surface area contributed by atoms with Gasteiger partial charge in [0, 0.05) is 49.7 Å². The number of anilines is 1. The van der Waals surface area contributed by atoms with E-state index >= 15 is 0 Å². The van der Waals surface area contributed by atoms with Gasteiger partial charge in [-0.05, 0) is 36.6 Å². The molecule has 1 aromatic carbocycles. The SMILES string of the molecule is Cn1cc(N2CCCC(NC(=O)[C@@H]3C[C@@H](F)CN3C(=O)Cn3nc(C(N)=O)c4cc(-c5ccnnc5)ccc43)C2)cn1. The van der Waals surface area contributed by atoms with Crippen molar-refractivity contribution in [2.24, 2.45) is 12.8 Å². The zero-order valence-electron chi connectivity index (χ0n) is 23.1. The lowest BCUT2D eigenvalue weighted by atomic mass is 10.0. The lowest BCUT2D eigenvalue weighted by Gasteiger charge is -2.35. The number of rotatable bonds is 7. The third-order valence-electron chi connectivity index (χ3n) is 7.88. The van der Waals surface area contributed by atoms with Gasteiger partial charge >= 0.3 is 0 Å². The molecule has 3 aromatic heterocycles. The topological polar surface area (TPSA) is 157 Å². The minimum atomic E-state index is -1.32. The molecule has 0 aliphatic carbocycles. The Bertz CT molecular complexity index is 1640. The number of hydrogen-bond donors (Lipinski definition) is 2. The second kappa shape index (κ2) is 11.2. The third-order valence-corrected chi connectivity index (χ3v) is 7.88. The first-order valence-electron chi connectivity index (χ1n) is 13.8. The van der Waals surface area contributed by atoms with Crippen LogP contribution in [0, 0.1) is 0 Å². The highest BCUT2D eigenvalue weighted by atomic mass is 19.1. The standard InChI is InChI=1S/C28H31FN10O3/c1-36-15-21(12-33-36)37-8-2-3-20(14-37)34-28(42)24-10-19(29)13-38(24)25(40)16-39-23-5-4-17(18-6-7-31-32-11-18)9-22(23)26(35-39)27(30)41/h4-7,9,11-12,15,19-20,24H,2-3,8,10,13-14,16H2,1H3,(H2,30,41)(H,34,42)/t19-,20?,24+/m1/s1. The molecular weight excluding hydrogens is 543 g/mol. The number of piperidine rings is 1. The third kappa shape index (κ3) is 5.39. The van der Waals surface area contributed by atoms with Crippen molar-refractivity contribution in [1.82, 2.24) is 40.0 Å². The predicted molar refractivity (Wildman–Crippen MR) is 151 cm³/mol. The Kier molecular flexibility index (Phi) is 7.27. The summed E-state index contributed by atoms with van der Waals surface area (Å²) in [7, 11) is 1.85. The van der Waals surface area contributed by atoms with Gasteiger partial charge in [-0.3, -0.25) is 23.7 Å². The van der Waals surface area contributed by atoms with E-state index in [9.17, 15) is 18.8 Å². The molecule has 6 rings (SSSR count). The van der Waals surface area contributed by atoms with Crippen LogP contribution in [-0.2, 0) is 23.2 Å². The van der Waals surface area contributed by atoms with E-state index in [0.717, 1.165) is 36.2 Å². The number of amides is 3. The van der Waals surface area contributed by atoms with Crippen LogP contribution in [0.2, 0.25) is 0 Å². The first-order chi connectivity index (χ1) is 20.3. The van der Waals surface area contributed by atoms with E-state index in [0.29, 0.717) is 17.4 Å². The maximum absolute atomic E-state index is 14.6. The Labute approximate surface area is 240 Å². The van der Waals surface area contributed by atoms with Crippen molar-refractivity contribution in [3.05, 3.63) is 54.7 Å². The Morgan fingerprint density at radius 2 is 1.98 bits per heavy atom. The van der Waals surface area contributed by atoms with Gasteiger partial charge in [-0.2, -0.15) is 20.4 Å². The van der Waals surface area contributed by atoms with E-state index < -0.39 is 24.0 Å². The number of alkyl halides is 1. The minimum absolute atomic E-state index is 0.0104. The number of nitrogens with one attached hydrogen (secondary N) is 1. The van der Waals surface area contributed by atoms with Crippen LogP contribution in [0.15, 0.2) is 49.1 Å². The number of carbonyl (C=O) groups excluding carboxylic acids is 3. The number of likely N-dealkylation sites (tertiary alicyclic amines) is 1. The second-order valence-electron chi connectivity index (χ2n) is 10.8. The summed E-state index contributed by atoms with van der Waals surface area (Å²) < 4.78 is 17.7. The molecule has 42 heavy (non-hydrogen) atoms. The van der Waals surface area contributed by atoms with E-state index in [-0.39, 0.29) is 37.2 Å². The van der Waals surface area contributed by atoms with E-state index in [1.54, 1.807) is 41.5 Å². The van der Waals surface area contributed by atoms with Gasteiger partial charge in [-0.25, -0.2) is 4.39 Å². The molecule has 218 valence electrons. The molecule has 4 aromatic rings. The molecule has 0 spiro atoms. The van der Waals surface area contributed by atoms with Crippen molar-refractivity contribution in [1.29, 1.82) is 0 Å². The molecule has 0 bridgehead atoms. The molecule has 5 heterocycles. The normalized spacial score (nSPS) is 20.7. The van der Waals surface area contributed by atoms with Crippen molar-refractivity contribution < 1.29 is 18.8 Å². The summed E-state index contributed by atoms with van der Waals surface area (Å²) in [6.45, 7) is 0.980. The fourth-order valence-electron chi connectivity index (χ4n) is 5.85. The lowest BCUT2D eigenvalue weighted by molar-refractivity contribution is -0.139. The summed E-state index contributed by atoms with van der Waals surface area (Å²) in [4.78, 5) is 42.5. The summed E-state index contributed by atoms with van der Waals surface area (Å²) >= 11 is 0. The smallest absolute Gasteiger partial charge is 0.269 e. The van der Waals surface area contributed by atoms with Gasteiger partial charge in [0.25, 0.3) is 5.91 Å². The van der Waals surface area contributed by atoms with Gasteiger partial charge in [-0.15, -0.1) is 0 Å². The molecule has 3 N–H and O–H groups in total. The first-order valence-corrected chi connectivity index (χ1v) is 13.8. The highest BCUT2D eigenvalue weighted by Crippen LogP contribution is 2.28. The number of nitrogens with two attached hydrogens (primary N) is 1. The average Bonchev–Trinajstić information content (AvgIpc) is 3.70. The maximum atomic E-state index is 14.6. The summed E-state index contributed by atoms with van der Waals surface area (Å²) in [5, 5.41) is 19.7. The molecule has 2 aliphatic rings. The van der Waals surface area contributed by atoms with Gasteiger partial charge in [0.2, 0.25) is 11.8 Å². The molecule has 3 amide bonds. The van der Waals surface area contributed by atoms with Crippen LogP contribution in [0.3, 0.4) is 0 Å². The van der Waals surface area contributed by atoms with Gasteiger partial charge in [-0.1, -0.05) is 6.07 Å². The van der Waals surface area contributed by atoms with Crippen LogP contribution in [0.5, 0.6) is 0 Å². The van der Waals surface area contributed by atoms with Gasteiger partial charge in [0.1, 0.15) is 18.8 Å². The average molecular weight is 575 g/mol. The Morgan fingerprint density at radius 3 is 2.71 bits per heavy atom. The molecule has 3 atom stereocenters. The van der Waals surface area contributed by atoms with Gasteiger partial charge < -0.3 is 20.9 Å². The summed E-state index contributed by atoms with van der Waals surface area (Å²) in [6.07, 6.45) is 7.13. The molecule has 14 heteroatoms. The molecule has 0 radical (unpaired) electrons. The lowest BCUT2D eigenvalue weighted by Crippen LogP contribution is -2.53. The fraction of sp³-hybridized carbons (Fsp3) is 0.393. The van der Waals surface area contributed by atoms with Crippen LogP contribution >= 0.6 is 0 Å². The molecule has 2 fully saturated rings. The molecule has 1 unspecified atom stereocenters. The molecule has 13 nitrogen and oxygen atoms in total. The molecule has 2 aliphatic heterocycles. The molecule has 2 saturated heterocycles. The fourth-order valence-corrected chi connectivity index (χ4v) is 5.85. The first kappa shape index (κ1) is 27.3. The van der Waals surface area contributed by atoms with E-state index in [2.05, 4.69) is 30.6 Å². The van der Waals surface area contributed by atoms with Crippen molar-refractivity contribution in [3.8, 4) is 11.1 Å². The van der Waals surface area contributed by atoms with Crippen molar-refractivity contribution >= 4 is 34.3 Å². The van der Waals surface area contributed by atoms with E-state index in [4.69, 9.17) is 5.73 Å². The van der Waals surface area contributed by atoms with E-state index in [1.807, 2.05) is 19.3 Å². The zero-order valence-corrected chi connectivity index (χ0v) is 23.1. The van der Waals surface area contributed by atoms with Gasteiger partial charge in [0.05, 0.1) is 36.3 Å². The second-order valence-corrected chi connectivity index (χ2v) is 10.8. The van der Waals surface area contributed by atoms with Crippen molar-refractivity contribution in [2.45, 2.75) is 44.1 Å². The number of aryl methyl sites for hydroxylation is 1. The van der Waals surface area contributed by atoms with Crippen molar-refractivity contribution in [3.63, 3.8) is 0 Å². The van der Waals surface area contributed by atoms with Crippen molar-refractivity contribution in [2.75, 3.05) is 24.5 Å². The number of aromatic nitrogens is 6. The number of hydrogen-bond acceptors (Lipinski definition) is 8. The number of primary amides is 1. The number of nitrogens with zero attached hydrogens (tertiary/aromatic N) is 8. The highest BCUT2D eigenvalue weighted by molar-refractivity contribution is 6.05. The highest BCUT2D eigenvalue weighted by Gasteiger charge is 2.41. The van der Waals surface area contributed by atoms with Crippen LogP contribution < -0.4 is 16.0 Å². The summed E-state index contributed by atoms with van der Waals surface area (Å²) in [5.74, 6) is -1.59. The minimum Gasteiger partial charge on any atom is -0.367 e. The number of benzene rings is 1. The summed E-state index contributed by atoms with van der Waals surface area (Å²) in [5.41, 5.74) is 8.66. The zero-order chi connectivity index (χ0) is 29.4. The van der Waals surface area contributed by atoms with Crippen LogP contribution in [-0.4, -0.2) is 90.3 Å². The summed E-state index contributed by atoms with van der Waals surface area (Å²) in [6, 6.07) is 6.01. The van der Waals surface area contributed by atoms with Crippen LogP contribution in [0.4, 0.5) is 10.1 Å². The van der Waals surface area contributed by atoms with Gasteiger partial charge in [0.15, 0.2) is 5.69 Å². The Balaban J connectivity index is 1.18. The molecular formula is C28H31FN10O3. The maximum Gasteiger partial charge on any atom is 0.269 e. The monoisotopic (exact) mass is 574 g/mol. The van der Waals surface area contributed by atoms with Crippen LogP contribution in [0.25, 0.3) is 22.0 Å². The van der Waals surface area contributed by atoms with Crippen LogP contribution in [0.1, 0.15) is 29.8 Å². The Morgan fingerprint density at radius 1 is 1.12 bits per heavy atom. The number of fused-ring (bicyclic) bond motifs is 1. The Hall–Kier alpha value is -4.88. The largest absolute Gasteiger partial charge is 0.367 e. The number of carbonyl (C=O) groups is 3.